The Bertz CT molecular complexity index is 802. The molecule has 2 aromatic rings. The molecule has 4 nitrogen and oxygen atoms in total. The summed E-state index contributed by atoms with van der Waals surface area (Å²) in [7, 11) is -3.09. The highest BCUT2D eigenvalue weighted by Crippen LogP contribution is 2.34. The number of hydrogen-bond acceptors (Lipinski definition) is 4. The Kier molecular flexibility index (Phi) is 4.76. The molecule has 0 saturated carbocycles. The van der Waals surface area contributed by atoms with Gasteiger partial charge in [0.15, 0.2) is 0 Å². The van der Waals surface area contributed by atoms with Crippen LogP contribution < -0.4 is 8.92 Å². The largest absolute Gasteiger partial charge is 0.497 e. The van der Waals surface area contributed by atoms with Gasteiger partial charge < -0.3 is 8.92 Å². The average molecular weight is 367 g/mol. The summed E-state index contributed by atoms with van der Waals surface area (Å²) in [5, 5.41) is -0.369. The minimum absolute atomic E-state index is 0.0840. The van der Waals surface area contributed by atoms with Gasteiger partial charge in [-0.3, -0.25) is 0 Å². The average Bonchev–Trinajstić information content (AvgIpc) is 2.46. The minimum atomic E-state index is -4.70. The lowest BCUT2D eigenvalue weighted by molar-refractivity contribution is -0.137. The van der Waals surface area contributed by atoms with Gasteiger partial charge in [0, 0.05) is 0 Å². The fourth-order valence-electron chi connectivity index (χ4n) is 1.67. The standard InChI is InChI=1S/C14H10ClF3O4S/c1-21-10-3-5-11(6-4-10)22-23(19,20)13-8-9(14(16,17)18)2-7-12(13)15/h2-8H,1H3. The molecular weight excluding hydrogens is 357 g/mol. The quantitative estimate of drug-likeness (QED) is 0.763. The van der Waals surface area contributed by atoms with E-state index in [0.717, 1.165) is 6.07 Å². The molecule has 0 amide bonds. The molecule has 0 aliphatic rings. The first-order valence-electron chi connectivity index (χ1n) is 6.09. The van der Waals surface area contributed by atoms with E-state index >= 15 is 0 Å². The zero-order valence-corrected chi connectivity index (χ0v) is 13.2. The molecular formula is C14H10ClF3O4S. The summed E-state index contributed by atoms with van der Waals surface area (Å²) in [6, 6.07) is 7.47. The molecule has 0 aromatic heterocycles. The van der Waals surface area contributed by atoms with Crippen LogP contribution in [0.5, 0.6) is 11.5 Å². The van der Waals surface area contributed by atoms with Crippen LogP contribution in [-0.2, 0) is 16.3 Å². The van der Waals surface area contributed by atoms with Gasteiger partial charge in [-0.15, -0.1) is 0 Å². The molecule has 0 aliphatic carbocycles. The third-order valence-corrected chi connectivity index (χ3v) is 4.52. The lowest BCUT2D eigenvalue weighted by Crippen LogP contribution is -2.13. The predicted molar refractivity (Wildman–Crippen MR) is 77.3 cm³/mol. The molecule has 0 radical (unpaired) electrons. The van der Waals surface area contributed by atoms with Crippen LogP contribution in [0.2, 0.25) is 5.02 Å². The highest BCUT2D eigenvalue weighted by molar-refractivity contribution is 7.87. The van der Waals surface area contributed by atoms with Gasteiger partial charge in [-0.2, -0.15) is 21.6 Å². The van der Waals surface area contributed by atoms with Crippen LogP contribution in [0.1, 0.15) is 5.56 Å². The summed E-state index contributed by atoms with van der Waals surface area (Å²) in [5.74, 6) is 0.381. The molecule has 9 heteroatoms. The molecule has 2 rings (SSSR count). The zero-order valence-electron chi connectivity index (χ0n) is 11.6. The lowest BCUT2D eigenvalue weighted by Gasteiger charge is -2.12. The second-order valence-corrected chi connectivity index (χ2v) is 6.28. The normalized spacial score (nSPS) is 12.0. The van der Waals surface area contributed by atoms with E-state index < -0.39 is 26.8 Å². The predicted octanol–water partition coefficient (Wildman–Crippen LogP) is 4.14. The van der Waals surface area contributed by atoms with Crippen molar-refractivity contribution in [2.24, 2.45) is 0 Å². The van der Waals surface area contributed by atoms with Gasteiger partial charge in [-0.1, -0.05) is 11.6 Å². The highest BCUT2D eigenvalue weighted by atomic mass is 35.5. The van der Waals surface area contributed by atoms with Crippen LogP contribution in [0.15, 0.2) is 47.4 Å². The van der Waals surface area contributed by atoms with E-state index in [-0.39, 0.29) is 10.8 Å². The SMILES string of the molecule is COc1ccc(OS(=O)(=O)c2cc(C(F)(F)F)ccc2Cl)cc1. The third kappa shape index (κ3) is 4.08. The maximum Gasteiger partial charge on any atom is 0.416 e. The molecule has 0 atom stereocenters. The first kappa shape index (κ1) is 17.4. The van der Waals surface area contributed by atoms with Crippen LogP contribution in [0.25, 0.3) is 0 Å². The number of methoxy groups -OCH3 is 1. The fourth-order valence-corrected chi connectivity index (χ4v) is 3.11. The van der Waals surface area contributed by atoms with Crippen LogP contribution in [0.4, 0.5) is 13.2 Å². The lowest BCUT2D eigenvalue weighted by atomic mass is 10.2. The van der Waals surface area contributed by atoms with Crippen LogP contribution in [0, 0.1) is 0 Å². The van der Waals surface area contributed by atoms with E-state index in [1.807, 2.05) is 0 Å². The maximum atomic E-state index is 12.7. The summed E-state index contributed by atoms with van der Waals surface area (Å²) in [6.07, 6.45) is -4.70. The zero-order chi connectivity index (χ0) is 17.3. The number of rotatable bonds is 4. The Balaban J connectivity index is 2.38. The van der Waals surface area contributed by atoms with Crippen LogP contribution >= 0.6 is 11.6 Å². The Labute approximate surface area is 135 Å². The van der Waals surface area contributed by atoms with E-state index in [2.05, 4.69) is 0 Å². The molecule has 0 N–H and O–H groups in total. The smallest absolute Gasteiger partial charge is 0.416 e. The van der Waals surface area contributed by atoms with Crippen molar-refractivity contribution in [1.82, 2.24) is 0 Å². The summed E-state index contributed by atoms with van der Waals surface area (Å²) in [5.41, 5.74) is -1.14. The maximum absolute atomic E-state index is 12.7. The number of alkyl halides is 3. The van der Waals surface area contributed by atoms with E-state index in [1.54, 1.807) is 0 Å². The Morgan fingerprint density at radius 3 is 2.09 bits per heavy atom. The van der Waals surface area contributed by atoms with Gasteiger partial charge in [-0.25, -0.2) is 0 Å². The first-order valence-corrected chi connectivity index (χ1v) is 7.87. The Hall–Kier alpha value is -1.93. The number of benzene rings is 2. The topological polar surface area (TPSA) is 52.6 Å². The van der Waals surface area contributed by atoms with Gasteiger partial charge in [0.1, 0.15) is 16.4 Å². The highest BCUT2D eigenvalue weighted by Gasteiger charge is 2.33. The molecule has 0 heterocycles. The van der Waals surface area contributed by atoms with Crippen molar-refractivity contribution in [1.29, 1.82) is 0 Å². The van der Waals surface area contributed by atoms with Crippen LogP contribution in [0.3, 0.4) is 0 Å². The number of hydrogen-bond donors (Lipinski definition) is 0. The molecule has 124 valence electrons. The summed E-state index contributed by atoms with van der Waals surface area (Å²) < 4.78 is 72.1. The Morgan fingerprint density at radius 2 is 1.57 bits per heavy atom. The van der Waals surface area contributed by atoms with Crippen molar-refractivity contribution in [3.05, 3.63) is 53.1 Å². The minimum Gasteiger partial charge on any atom is -0.497 e. The molecule has 0 saturated heterocycles. The van der Waals surface area contributed by atoms with E-state index in [0.29, 0.717) is 17.9 Å². The number of ether oxygens (including phenoxy) is 1. The summed E-state index contributed by atoms with van der Waals surface area (Å²) >= 11 is 5.70. The Morgan fingerprint density at radius 1 is 1.00 bits per heavy atom. The molecule has 0 unspecified atom stereocenters. The molecule has 0 spiro atoms. The van der Waals surface area contributed by atoms with Gasteiger partial charge in [0.05, 0.1) is 17.7 Å². The first-order chi connectivity index (χ1) is 10.6. The van der Waals surface area contributed by atoms with Crippen molar-refractivity contribution in [2.45, 2.75) is 11.1 Å². The molecule has 0 aliphatic heterocycles. The van der Waals surface area contributed by atoms with Gasteiger partial charge in [-0.05, 0) is 42.5 Å². The van der Waals surface area contributed by atoms with Crippen molar-refractivity contribution < 1.29 is 30.5 Å². The van der Waals surface area contributed by atoms with Gasteiger partial charge >= 0.3 is 16.3 Å². The van der Waals surface area contributed by atoms with Crippen LogP contribution in [-0.4, -0.2) is 15.5 Å². The van der Waals surface area contributed by atoms with Gasteiger partial charge in [0.25, 0.3) is 0 Å². The molecule has 0 fully saturated rings. The fraction of sp³-hybridized carbons (Fsp3) is 0.143. The second kappa shape index (κ2) is 6.29. The molecule has 23 heavy (non-hydrogen) atoms. The van der Waals surface area contributed by atoms with E-state index in [9.17, 15) is 21.6 Å². The van der Waals surface area contributed by atoms with Crippen molar-refractivity contribution >= 4 is 21.7 Å². The van der Waals surface area contributed by atoms with Gasteiger partial charge in [0.2, 0.25) is 0 Å². The van der Waals surface area contributed by atoms with Crippen molar-refractivity contribution in [2.75, 3.05) is 7.11 Å². The second-order valence-electron chi connectivity index (χ2n) is 4.36. The van der Waals surface area contributed by atoms with E-state index in [1.165, 1.54) is 31.4 Å². The van der Waals surface area contributed by atoms with Crippen molar-refractivity contribution in [3.8, 4) is 11.5 Å². The monoisotopic (exact) mass is 366 g/mol. The van der Waals surface area contributed by atoms with Crippen molar-refractivity contribution in [3.63, 3.8) is 0 Å². The number of halogens is 4. The molecule has 2 aromatic carbocycles. The summed E-state index contributed by atoms with van der Waals surface area (Å²) in [4.78, 5) is -0.759. The summed E-state index contributed by atoms with van der Waals surface area (Å²) in [6.45, 7) is 0. The third-order valence-electron chi connectivity index (χ3n) is 2.79. The van der Waals surface area contributed by atoms with E-state index in [4.69, 9.17) is 20.5 Å². The molecule has 0 bridgehead atoms.